The van der Waals surface area contributed by atoms with Gasteiger partial charge >= 0.3 is 0 Å². The van der Waals surface area contributed by atoms with E-state index in [0.717, 1.165) is 11.8 Å². The van der Waals surface area contributed by atoms with Gasteiger partial charge in [0.25, 0.3) is 0 Å². The molecule has 0 heteroatoms. The molecule has 16 heavy (non-hydrogen) atoms. The van der Waals surface area contributed by atoms with Gasteiger partial charge in [0.15, 0.2) is 0 Å². The van der Waals surface area contributed by atoms with E-state index in [0.29, 0.717) is 0 Å². The second-order valence-corrected chi connectivity index (χ2v) is 5.52. The smallest absolute Gasteiger partial charge is 0.0203 e. The first kappa shape index (κ1) is 12.0. The van der Waals surface area contributed by atoms with Crippen molar-refractivity contribution in [1.29, 1.82) is 0 Å². The van der Waals surface area contributed by atoms with E-state index in [1.54, 1.807) is 0 Å². The largest absolute Gasteiger partial charge is 0.0914 e. The molecule has 2 rings (SSSR count). The molecule has 1 unspecified atom stereocenters. The summed E-state index contributed by atoms with van der Waals surface area (Å²) >= 11 is 0. The zero-order valence-corrected chi connectivity index (χ0v) is 10.8. The highest BCUT2D eigenvalue weighted by atomic mass is 14.3. The SMILES string of the molecule is C/C=C/C1CCC=C(C2CCCCC2)CC1. The molecular formula is C16H26. The molecule has 90 valence electrons. The van der Waals surface area contributed by atoms with E-state index >= 15 is 0 Å². The zero-order valence-electron chi connectivity index (χ0n) is 10.8. The van der Waals surface area contributed by atoms with Crippen molar-refractivity contribution in [2.45, 2.75) is 64.7 Å². The molecule has 1 atom stereocenters. The summed E-state index contributed by atoms with van der Waals surface area (Å²) in [6.45, 7) is 2.15. The van der Waals surface area contributed by atoms with Crippen LogP contribution in [-0.4, -0.2) is 0 Å². The molecule has 0 saturated heterocycles. The van der Waals surface area contributed by atoms with E-state index in [4.69, 9.17) is 0 Å². The zero-order chi connectivity index (χ0) is 11.2. The van der Waals surface area contributed by atoms with Gasteiger partial charge < -0.3 is 0 Å². The van der Waals surface area contributed by atoms with Gasteiger partial charge in [-0.05, 0) is 57.3 Å². The van der Waals surface area contributed by atoms with Crippen molar-refractivity contribution in [3.8, 4) is 0 Å². The third kappa shape index (κ3) is 3.23. The van der Waals surface area contributed by atoms with Crippen LogP contribution in [0.1, 0.15) is 64.7 Å². The monoisotopic (exact) mass is 218 g/mol. The minimum atomic E-state index is 0.849. The molecule has 0 spiro atoms. The lowest BCUT2D eigenvalue weighted by Crippen LogP contribution is -2.09. The van der Waals surface area contributed by atoms with Crippen molar-refractivity contribution in [3.63, 3.8) is 0 Å². The van der Waals surface area contributed by atoms with Crippen LogP contribution in [0.15, 0.2) is 23.8 Å². The molecule has 1 saturated carbocycles. The van der Waals surface area contributed by atoms with E-state index < -0.39 is 0 Å². The van der Waals surface area contributed by atoms with Crippen molar-refractivity contribution >= 4 is 0 Å². The maximum Gasteiger partial charge on any atom is -0.0203 e. The summed E-state index contributed by atoms with van der Waals surface area (Å²) in [4.78, 5) is 0. The van der Waals surface area contributed by atoms with Gasteiger partial charge in [-0.25, -0.2) is 0 Å². The fourth-order valence-electron chi connectivity index (χ4n) is 3.39. The molecule has 0 aliphatic heterocycles. The van der Waals surface area contributed by atoms with Gasteiger partial charge in [-0.15, -0.1) is 0 Å². The molecule has 0 amide bonds. The van der Waals surface area contributed by atoms with Crippen molar-refractivity contribution in [2.24, 2.45) is 11.8 Å². The van der Waals surface area contributed by atoms with Gasteiger partial charge in [-0.3, -0.25) is 0 Å². The highest BCUT2D eigenvalue weighted by Crippen LogP contribution is 2.35. The third-order valence-corrected chi connectivity index (χ3v) is 4.34. The van der Waals surface area contributed by atoms with Crippen LogP contribution in [0, 0.1) is 11.8 Å². The van der Waals surface area contributed by atoms with Crippen LogP contribution < -0.4 is 0 Å². The van der Waals surface area contributed by atoms with Gasteiger partial charge in [0.2, 0.25) is 0 Å². The highest BCUT2D eigenvalue weighted by Gasteiger charge is 2.20. The minimum Gasteiger partial charge on any atom is -0.0914 e. The Morgan fingerprint density at radius 2 is 1.88 bits per heavy atom. The number of allylic oxidation sites excluding steroid dienone is 4. The summed E-state index contributed by atoms with van der Waals surface area (Å²) in [5, 5.41) is 0. The average molecular weight is 218 g/mol. The van der Waals surface area contributed by atoms with Crippen LogP contribution >= 0.6 is 0 Å². The lowest BCUT2D eigenvalue weighted by atomic mass is 9.82. The molecule has 0 radical (unpaired) electrons. The standard InChI is InChI=1S/C16H26/c1-2-7-14-8-6-11-16(13-12-14)15-9-4-3-5-10-15/h2,7,11,14-15H,3-6,8-10,12-13H2,1H3/b7-2+. The highest BCUT2D eigenvalue weighted by molar-refractivity contribution is 5.10. The summed E-state index contributed by atoms with van der Waals surface area (Å²) in [6, 6.07) is 0. The predicted octanol–water partition coefficient (Wildman–Crippen LogP) is 5.26. The van der Waals surface area contributed by atoms with Crippen LogP contribution in [0.3, 0.4) is 0 Å². The lowest BCUT2D eigenvalue weighted by Gasteiger charge is -2.24. The van der Waals surface area contributed by atoms with E-state index in [2.05, 4.69) is 25.2 Å². The molecule has 2 aliphatic rings. The first-order chi connectivity index (χ1) is 7.90. The molecule has 0 bridgehead atoms. The Balaban J connectivity index is 1.88. The van der Waals surface area contributed by atoms with Gasteiger partial charge in [0.05, 0.1) is 0 Å². The van der Waals surface area contributed by atoms with Crippen molar-refractivity contribution in [2.75, 3.05) is 0 Å². The Kier molecular flexibility index (Phi) is 4.69. The first-order valence-corrected chi connectivity index (χ1v) is 7.22. The lowest BCUT2D eigenvalue weighted by molar-refractivity contribution is 0.391. The Bertz CT molecular complexity index is 253. The maximum atomic E-state index is 2.58. The molecule has 2 aliphatic carbocycles. The Hall–Kier alpha value is -0.520. The predicted molar refractivity (Wildman–Crippen MR) is 71.4 cm³/mol. The maximum absolute atomic E-state index is 2.58. The van der Waals surface area contributed by atoms with E-state index in [-0.39, 0.29) is 0 Å². The normalized spacial score (nSPS) is 29.1. The molecular weight excluding hydrogens is 192 g/mol. The molecule has 0 N–H and O–H groups in total. The van der Waals surface area contributed by atoms with Crippen LogP contribution in [0.25, 0.3) is 0 Å². The number of rotatable bonds is 2. The van der Waals surface area contributed by atoms with Gasteiger partial charge in [-0.2, -0.15) is 0 Å². The summed E-state index contributed by atoms with van der Waals surface area (Å²) in [7, 11) is 0. The summed E-state index contributed by atoms with van der Waals surface area (Å²) in [6.07, 6.45) is 20.1. The fraction of sp³-hybridized carbons (Fsp3) is 0.750. The second-order valence-electron chi connectivity index (χ2n) is 5.52. The fourth-order valence-corrected chi connectivity index (χ4v) is 3.39. The van der Waals surface area contributed by atoms with Crippen LogP contribution in [0.5, 0.6) is 0 Å². The van der Waals surface area contributed by atoms with Gasteiger partial charge in [0.1, 0.15) is 0 Å². The van der Waals surface area contributed by atoms with Crippen LogP contribution in [0.4, 0.5) is 0 Å². The molecule has 0 aromatic rings. The first-order valence-electron chi connectivity index (χ1n) is 7.22. The van der Waals surface area contributed by atoms with Crippen LogP contribution in [-0.2, 0) is 0 Å². The Morgan fingerprint density at radius 3 is 2.62 bits per heavy atom. The topological polar surface area (TPSA) is 0 Å². The Labute approximate surface area is 101 Å². The Morgan fingerprint density at radius 1 is 1.06 bits per heavy atom. The molecule has 0 aromatic carbocycles. The average Bonchev–Trinajstić information content (AvgIpc) is 2.57. The molecule has 0 nitrogen and oxygen atoms in total. The summed E-state index contributed by atoms with van der Waals surface area (Å²) < 4.78 is 0. The molecule has 1 fully saturated rings. The van der Waals surface area contributed by atoms with Crippen LogP contribution in [0.2, 0.25) is 0 Å². The second kappa shape index (κ2) is 6.27. The number of hydrogen-bond donors (Lipinski definition) is 0. The van der Waals surface area contributed by atoms with Crippen molar-refractivity contribution in [1.82, 2.24) is 0 Å². The number of hydrogen-bond acceptors (Lipinski definition) is 0. The molecule has 0 aromatic heterocycles. The third-order valence-electron chi connectivity index (χ3n) is 4.34. The summed E-state index contributed by atoms with van der Waals surface area (Å²) in [5.74, 6) is 1.81. The van der Waals surface area contributed by atoms with Crippen molar-refractivity contribution in [3.05, 3.63) is 23.8 Å². The summed E-state index contributed by atoms with van der Waals surface area (Å²) in [5.41, 5.74) is 1.81. The van der Waals surface area contributed by atoms with E-state index in [1.165, 1.54) is 57.8 Å². The minimum absolute atomic E-state index is 0.849. The van der Waals surface area contributed by atoms with Gasteiger partial charge in [-0.1, -0.05) is 43.1 Å². The molecule has 0 heterocycles. The van der Waals surface area contributed by atoms with Gasteiger partial charge in [0, 0.05) is 0 Å². The van der Waals surface area contributed by atoms with E-state index in [1.807, 2.05) is 5.57 Å². The van der Waals surface area contributed by atoms with E-state index in [9.17, 15) is 0 Å². The quantitative estimate of drug-likeness (QED) is 0.555. The van der Waals surface area contributed by atoms with Crippen molar-refractivity contribution < 1.29 is 0 Å².